The fourth-order valence-electron chi connectivity index (χ4n) is 7.37. The zero-order valence-electron chi connectivity index (χ0n) is 14.6. The summed E-state index contributed by atoms with van der Waals surface area (Å²) in [5.41, 5.74) is 0.173. The summed E-state index contributed by atoms with van der Waals surface area (Å²) in [7, 11) is 1.86. The van der Waals surface area contributed by atoms with Crippen LogP contribution in [0.25, 0.3) is 0 Å². The maximum atomic E-state index is 12.6. The zero-order chi connectivity index (χ0) is 16.0. The van der Waals surface area contributed by atoms with E-state index in [1.54, 1.807) is 0 Å². The largest absolute Gasteiger partial charge is 0.381 e. The molecule has 4 aliphatic carbocycles. The molecule has 5 fully saturated rings. The molecule has 3 nitrogen and oxygen atoms in total. The average Bonchev–Trinajstić information content (AvgIpc) is 3.20. The molecule has 23 heavy (non-hydrogen) atoms. The molecule has 0 aromatic carbocycles. The number of hydrogen-bond acceptors (Lipinski definition) is 3. The van der Waals surface area contributed by atoms with Gasteiger partial charge in [-0.15, -0.1) is 0 Å². The monoisotopic (exact) mass is 317 g/mol. The van der Waals surface area contributed by atoms with Gasteiger partial charge in [0.25, 0.3) is 0 Å². The molecule has 0 unspecified atom stereocenters. The van der Waals surface area contributed by atoms with E-state index in [4.69, 9.17) is 9.47 Å². The van der Waals surface area contributed by atoms with Crippen LogP contribution in [0, 0.1) is 40.9 Å². The summed E-state index contributed by atoms with van der Waals surface area (Å²) in [6.45, 7) is 4.72. The number of rotatable bonds is 1. The molecule has 5 rings (SSSR count). The molecule has 0 bridgehead atoms. The lowest BCUT2D eigenvalue weighted by atomic mass is 9.44. The van der Waals surface area contributed by atoms with Crippen molar-refractivity contribution in [3.05, 3.63) is 6.42 Å². The van der Waals surface area contributed by atoms with E-state index in [-0.39, 0.29) is 11.5 Å². The number of epoxide rings is 1. The van der Waals surface area contributed by atoms with E-state index < -0.39 is 0 Å². The summed E-state index contributed by atoms with van der Waals surface area (Å²) < 4.78 is 11.9. The van der Waals surface area contributed by atoms with Crippen LogP contribution in [0.3, 0.4) is 0 Å². The number of carbonyl (C=O) groups is 1. The van der Waals surface area contributed by atoms with Gasteiger partial charge in [-0.3, -0.25) is 0 Å². The first-order valence-electron chi connectivity index (χ1n) is 9.53. The van der Waals surface area contributed by atoms with Gasteiger partial charge in [0.1, 0.15) is 12.8 Å². The van der Waals surface area contributed by atoms with Crippen LogP contribution < -0.4 is 0 Å². The molecule has 0 radical (unpaired) electrons. The van der Waals surface area contributed by atoms with Crippen LogP contribution in [-0.4, -0.2) is 31.2 Å². The van der Waals surface area contributed by atoms with Crippen LogP contribution in [0.15, 0.2) is 0 Å². The van der Waals surface area contributed by atoms with Crippen LogP contribution in [0.4, 0.5) is 0 Å². The maximum Gasteiger partial charge on any atom is 0.312 e. The van der Waals surface area contributed by atoms with Gasteiger partial charge < -0.3 is 9.47 Å². The van der Waals surface area contributed by atoms with Crippen LogP contribution >= 0.6 is 0 Å². The summed E-state index contributed by atoms with van der Waals surface area (Å²) in [4.78, 5) is 12.6. The Morgan fingerprint density at radius 3 is 2.83 bits per heavy atom. The normalized spacial score (nSPS) is 60.1. The number of fused-ring (bicyclic) bond motifs is 6. The Balaban J connectivity index is 1.54. The fraction of sp³-hybridized carbons (Fsp3) is 0.900. The van der Waals surface area contributed by atoms with E-state index >= 15 is 0 Å². The minimum atomic E-state index is -0.168. The van der Waals surface area contributed by atoms with E-state index in [0.717, 1.165) is 18.8 Å². The number of methoxy groups -OCH3 is 1. The second kappa shape index (κ2) is 4.54. The van der Waals surface area contributed by atoms with E-state index in [1.165, 1.54) is 25.7 Å². The van der Waals surface area contributed by atoms with E-state index in [0.29, 0.717) is 41.2 Å². The summed E-state index contributed by atoms with van der Waals surface area (Å²) in [5.74, 6) is 2.97. The SMILES string of the molecule is CO[C@H]1C[C@]2(C)C(=O)[CH+]C[C@H]2[C@@H]2CC[C@H]3C[C@@H]4O[C@@H]4C[C@]3(C)[C@H]21. The van der Waals surface area contributed by atoms with Crippen molar-refractivity contribution in [1.29, 1.82) is 0 Å². The van der Waals surface area contributed by atoms with Crippen molar-refractivity contribution in [2.45, 2.75) is 70.7 Å². The van der Waals surface area contributed by atoms with E-state index in [2.05, 4.69) is 13.8 Å². The van der Waals surface area contributed by atoms with Crippen LogP contribution in [0.2, 0.25) is 0 Å². The Morgan fingerprint density at radius 1 is 1.22 bits per heavy atom. The summed E-state index contributed by atoms with van der Waals surface area (Å²) >= 11 is 0. The molecule has 5 aliphatic rings. The molecule has 0 amide bonds. The quantitative estimate of drug-likeness (QED) is 0.549. The molecule has 3 heteroatoms. The summed E-state index contributed by atoms with van der Waals surface area (Å²) in [6.07, 6.45) is 10.3. The van der Waals surface area contributed by atoms with Gasteiger partial charge in [0.05, 0.1) is 23.7 Å². The molecular weight excluding hydrogens is 288 g/mol. The Bertz CT molecular complexity index is 545. The Labute approximate surface area is 139 Å². The Kier molecular flexibility index (Phi) is 2.92. The molecule has 1 aliphatic heterocycles. The van der Waals surface area contributed by atoms with Crippen molar-refractivity contribution in [2.75, 3.05) is 7.11 Å². The lowest BCUT2D eigenvalue weighted by molar-refractivity contribution is -0.173. The van der Waals surface area contributed by atoms with Gasteiger partial charge >= 0.3 is 5.78 Å². The van der Waals surface area contributed by atoms with Gasteiger partial charge in [-0.25, -0.2) is 4.79 Å². The van der Waals surface area contributed by atoms with Crippen molar-refractivity contribution >= 4 is 5.78 Å². The highest BCUT2D eigenvalue weighted by atomic mass is 16.6. The van der Waals surface area contributed by atoms with E-state index in [9.17, 15) is 4.79 Å². The maximum absolute atomic E-state index is 12.6. The van der Waals surface area contributed by atoms with Gasteiger partial charge in [-0.1, -0.05) is 6.92 Å². The molecule has 0 N–H and O–H groups in total. The van der Waals surface area contributed by atoms with Gasteiger partial charge in [0, 0.05) is 13.0 Å². The van der Waals surface area contributed by atoms with Crippen molar-refractivity contribution < 1.29 is 14.3 Å². The Morgan fingerprint density at radius 2 is 2.04 bits per heavy atom. The van der Waals surface area contributed by atoms with Crippen molar-refractivity contribution in [3.8, 4) is 0 Å². The third-order valence-electron chi connectivity index (χ3n) is 8.63. The van der Waals surface area contributed by atoms with E-state index in [1.807, 2.05) is 13.5 Å². The molecule has 0 spiro atoms. The molecule has 9 atom stereocenters. The number of ketones is 1. The highest BCUT2D eigenvalue weighted by Gasteiger charge is 2.68. The van der Waals surface area contributed by atoms with Gasteiger partial charge in [0.2, 0.25) is 0 Å². The Hall–Kier alpha value is -0.540. The van der Waals surface area contributed by atoms with Crippen LogP contribution in [0.5, 0.6) is 0 Å². The number of ether oxygens (including phenoxy) is 2. The lowest BCUT2D eigenvalue weighted by Crippen LogP contribution is -2.59. The minimum Gasteiger partial charge on any atom is -0.381 e. The van der Waals surface area contributed by atoms with Gasteiger partial charge in [-0.2, -0.15) is 0 Å². The molecule has 4 saturated carbocycles. The molecule has 1 saturated heterocycles. The molecule has 126 valence electrons. The minimum absolute atomic E-state index is 0.168. The third-order valence-corrected chi connectivity index (χ3v) is 8.63. The summed E-state index contributed by atoms with van der Waals surface area (Å²) in [6, 6.07) is 0. The third kappa shape index (κ3) is 1.79. The first kappa shape index (κ1) is 14.8. The highest BCUT2D eigenvalue weighted by Crippen LogP contribution is 2.67. The predicted octanol–water partition coefficient (Wildman–Crippen LogP) is 3.41. The zero-order valence-corrected chi connectivity index (χ0v) is 14.6. The van der Waals surface area contributed by atoms with Crippen molar-refractivity contribution in [1.82, 2.24) is 0 Å². The molecule has 0 aromatic rings. The van der Waals surface area contributed by atoms with Crippen molar-refractivity contribution in [3.63, 3.8) is 0 Å². The molecular formula is C20H29O3+. The van der Waals surface area contributed by atoms with Crippen molar-refractivity contribution in [2.24, 2.45) is 34.5 Å². The second-order valence-corrected chi connectivity index (χ2v) is 9.43. The topological polar surface area (TPSA) is 38.8 Å². The smallest absolute Gasteiger partial charge is 0.312 e. The first-order chi connectivity index (χ1) is 11.0. The van der Waals surface area contributed by atoms with Crippen LogP contribution in [0.1, 0.15) is 52.4 Å². The molecule has 0 aromatic heterocycles. The number of carbonyl (C=O) groups excluding carboxylic acids is 1. The molecule has 1 heterocycles. The lowest BCUT2D eigenvalue weighted by Gasteiger charge is -2.60. The fourth-order valence-corrected chi connectivity index (χ4v) is 7.37. The number of Topliss-reactive ketones (excluding diaryl/α,β-unsaturated/α-hetero) is 1. The second-order valence-electron chi connectivity index (χ2n) is 9.43. The first-order valence-corrected chi connectivity index (χ1v) is 9.53. The predicted molar refractivity (Wildman–Crippen MR) is 86.6 cm³/mol. The average molecular weight is 317 g/mol. The summed E-state index contributed by atoms with van der Waals surface area (Å²) in [5, 5.41) is 0. The van der Waals surface area contributed by atoms with Crippen LogP contribution in [-0.2, 0) is 14.3 Å². The highest BCUT2D eigenvalue weighted by molar-refractivity contribution is 5.95. The van der Waals surface area contributed by atoms with Gasteiger partial charge in [0.15, 0.2) is 0 Å². The van der Waals surface area contributed by atoms with Gasteiger partial charge in [-0.05, 0) is 62.2 Å². The standard InChI is InChI=1S/C20H29O3/c1-19-9-15-14(23-15)8-11(19)4-5-12-13-6-7-17(21)20(13,2)10-16(22-3)18(12)19/h7,11-16,18H,4-6,8-10H2,1-3H3/q+1/t11-,12-,13-,14-,15+,16-,18+,19-,20-/m0/s1. The number of hydrogen-bond donors (Lipinski definition) is 0.